The van der Waals surface area contributed by atoms with Crippen molar-refractivity contribution in [1.29, 1.82) is 0 Å². The van der Waals surface area contributed by atoms with E-state index in [1.807, 2.05) is 18.7 Å². The lowest BCUT2D eigenvalue weighted by Crippen LogP contribution is -2.51. The van der Waals surface area contributed by atoms with E-state index < -0.39 is 6.04 Å². The highest BCUT2D eigenvalue weighted by atomic mass is 35.5. The number of fused-ring (bicyclic) bond motifs is 1. The summed E-state index contributed by atoms with van der Waals surface area (Å²) in [6, 6.07) is 4.31. The average Bonchev–Trinajstić information content (AvgIpc) is 3.31. The first kappa shape index (κ1) is 30.7. The normalized spacial score (nSPS) is 20.8. The minimum atomic E-state index is -0.642. The highest BCUT2D eigenvalue weighted by molar-refractivity contribution is 6.31. The van der Waals surface area contributed by atoms with Crippen LogP contribution in [0.5, 0.6) is 5.75 Å². The Kier molecular flexibility index (Phi) is 11.5. The van der Waals surface area contributed by atoms with Crippen LogP contribution in [0.1, 0.15) is 69.2 Å². The maximum atomic E-state index is 13.5. The molecule has 2 aliphatic rings. The standard InChI is InChI=1S/C29H43ClN4O5/c1-21(2)27-29(38)31(3)14-5-6-15-33(26(36)13-18-34-17-9-10-25(34)35)16-7-8-19-39-24-12-11-22(30)20-23(24)28(37)32(27)4/h11-12,20-21,27H,5-10,13-19H2,1-4H3/t27-/m0/s1. The SMILES string of the molecule is CC(C)[C@H]1C(=O)N(C)CCCCN(C(=O)CCN2CCCC2=O)CCCCOc2ccc(Cl)cc2C(=O)N1C. The molecular formula is C29H43ClN4O5. The molecular weight excluding hydrogens is 520 g/mol. The van der Waals surface area contributed by atoms with Crippen LogP contribution in [-0.2, 0) is 14.4 Å². The fourth-order valence-corrected chi connectivity index (χ4v) is 5.45. The summed E-state index contributed by atoms with van der Waals surface area (Å²) in [7, 11) is 3.41. The summed E-state index contributed by atoms with van der Waals surface area (Å²) in [4.78, 5) is 58.9. The molecule has 3 rings (SSSR count). The Morgan fingerprint density at radius 1 is 1.00 bits per heavy atom. The predicted molar refractivity (Wildman–Crippen MR) is 151 cm³/mol. The third kappa shape index (κ3) is 8.34. The molecule has 4 amide bonds. The molecule has 2 heterocycles. The number of benzene rings is 1. The molecule has 0 aliphatic carbocycles. The summed E-state index contributed by atoms with van der Waals surface area (Å²) >= 11 is 6.23. The highest BCUT2D eigenvalue weighted by Gasteiger charge is 2.33. The van der Waals surface area contributed by atoms with Crippen LogP contribution in [0.15, 0.2) is 18.2 Å². The number of carbonyl (C=O) groups is 4. The van der Waals surface area contributed by atoms with Crippen molar-refractivity contribution in [3.63, 3.8) is 0 Å². The van der Waals surface area contributed by atoms with Gasteiger partial charge in [0.15, 0.2) is 0 Å². The number of likely N-dealkylation sites (tertiary alicyclic amines) is 1. The number of hydrogen-bond acceptors (Lipinski definition) is 5. The first-order valence-electron chi connectivity index (χ1n) is 14.1. The van der Waals surface area contributed by atoms with Gasteiger partial charge in [0.2, 0.25) is 17.7 Å². The molecule has 0 spiro atoms. The number of likely N-dealkylation sites (N-methyl/N-ethyl adjacent to an activating group) is 2. The lowest BCUT2D eigenvalue weighted by molar-refractivity contribution is -0.136. The van der Waals surface area contributed by atoms with Crippen molar-refractivity contribution in [2.75, 3.05) is 53.4 Å². The van der Waals surface area contributed by atoms with Crippen LogP contribution < -0.4 is 4.74 Å². The van der Waals surface area contributed by atoms with Crippen molar-refractivity contribution in [2.24, 2.45) is 5.92 Å². The molecule has 1 fully saturated rings. The molecule has 0 saturated carbocycles. The Morgan fingerprint density at radius 3 is 2.36 bits per heavy atom. The van der Waals surface area contributed by atoms with E-state index in [0.717, 1.165) is 32.2 Å². The van der Waals surface area contributed by atoms with Gasteiger partial charge in [-0.1, -0.05) is 25.4 Å². The van der Waals surface area contributed by atoms with E-state index in [1.54, 1.807) is 42.1 Å². The maximum Gasteiger partial charge on any atom is 0.258 e. The van der Waals surface area contributed by atoms with Gasteiger partial charge in [0.25, 0.3) is 5.91 Å². The largest absolute Gasteiger partial charge is 0.493 e. The minimum Gasteiger partial charge on any atom is -0.493 e. The lowest BCUT2D eigenvalue weighted by Gasteiger charge is -2.33. The zero-order valence-corrected chi connectivity index (χ0v) is 24.5. The van der Waals surface area contributed by atoms with Gasteiger partial charge in [-0.05, 0) is 56.2 Å². The molecule has 10 heteroatoms. The summed E-state index contributed by atoms with van der Waals surface area (Å²) in [5, 5.41) is 0.416. The number of carbonyl (C=O) groups excluding carboxylic acids is 4. The van der Waals surface area contributed by atoms with Crippen LogP contribution >= 0.6 is 11.6 Å². The van der Waals surface area contributed by atoms with E-state index in [2.05, 4.69) is 0 Å². The molecule has 0 aromatic heterocycles. The van der Waals surface area contributed by atoms with Crippen LogP contribution in [0.3, 0.4) is 0 Å². The Bertz CT molecular complexity index is 1030. The zero-order chi connectivity index (χ0) is 28.5. The lowest BCUT2D eigenvalue weighted by atomic mass is 10.00. The Hall–Kier alpha value is -2.81. The van der Waals surface area contributed by atoms with Crippen LogP contribution in [-0.4, -0.2) is 103 Å². The van der Waals surface area contributed by atoms with E-state index in [4.69, 9.17) is 16.3 Å². The molecule has 0 bridgehead atoms. The topological polar surface area (TPSA) is 90.5 Å². The van der Waals surface area contributed by atoms with Crippen molar-refractivity contribution in [3.8, 4) is 5.75 Å². The van der Waals surface area contributed by atoms with E-state index in [-0.39, 0.29) is 29.5 Å². The van der Waals surface area contributed by atoms with E-state index >= 15 is 0 Å². The first-order valence-corrected chi connectivity index (χ1v) is 14.5. The van der Waals surface area contributed by atoms with Gasteiger partial charge in [0.05, 0.1) is 12.2 Å². The van der Waals surface area contributed by atoms with Gasteiger partial charge in [0, 0.05) is 64.7 Å². The summed E-state index contributed by atoms with van der Waals surface area (Å²) in [6.07, 6.45) is 4.69. The summed E-state index contributed by atoms with van der Waals surface area (Å²) in [5.74, 6) is 0.0534. The number of nitrogens with zero attached hydrogens (tertiary/aromatic N) is 4. The van der Waals surface area contributed by atoms with Crippen molar-refractivity contribution in [1.82, 2.24) is 19.6 Å². The molecule has 2 aliphatic heterocycles. The molecule has 0 unspecified atom stereocenters. The molecule has 1 atom stereocenters. The summed E-state index contributed by atoms with van der Waals surface area (Å²) < 4.78 is 6.00. The summed E-state index contributed by atoms with van der Waals surface area (Å²) in [5.41, 5.74) is 0.323. The van der Waals surface area contributed by atoms with Crippen molar-refractivity contribution in [2.45, 2.75) is 64.8 Å². The van der Waals surface area contributed by atoms with Crippen molar-refractivity contribution in [3.05, 3.63) is 28.8 Å². The molecule has 216 valence electrons. The Balaban J connectivity index is 1.76. The van der Waals surface area contributed by atoms with Gasteiger partial charge in [0.1, 0.15) is 11.8 Å². The number of hydrogen-bond donors (Lipinski definition) is 0. The smallest absolute Gasteiger partial charge is 0.258 e. The van der Waals surface area contributed by atoms with Crippen LogP contribution in [0.4, 0.5) is 0 Å². The van der Waals surface area contributed by atoms with Gasteiger partial charge in [-0.3, -0.25) is 19.2 Å². The molecule has 1 aromatic carbocycles. The summed E-state index contributed by atoms with van der Waals surface area (Å²) in [6.45, 7) is 7.15. The molecule has 9 nitrogen and oxygen atoms in total. The average molecular weight is 563 g/mol. The Morgan fingerprint density at radius 2 is 1.69 bits per heavy atom. The maximum absolute atomic E-state index is 13.5. The number of amides is 4. The van der Waals surface area contributed by atoms with E-state index in [9.17, 15) is 19.2 Å². The van der Waals surface area contributed by atoms with Gasteiger partial charge < -0.3 is 24.3 Å². The molecule has 39 heavy (non-hydrogen) atoms. The fraction of sp³-hybridized carbons (Fsp3) is 0.655. The zero-order valence-electron chi connectivity index (χ0n) is 23.8. The highest BCUT2D eigenvalue weighted by Crippen LogP contribution is 2.26. The van der Waals surface area contributed by atoms with Crippen molar-refractivity contribution < 1.29 is 23.9 Å². The van der Waals surface area contributed by atoms with E-state index in [0.29, 0.717) is 68.4 Å². The van der Waals surface area contributed by atoms with Gasteiger partial charge in [-0.2, -0.15) is 0 Å². The minimum absolute atomic E-state index is 0.0463. The monoisotopic (exact) mass is 562 g/mol. The third-order valence-electron chi connectivity index (χ3n) is 7.54. The molecule has 0 radical (unpaired) electrons. The fourth-order valence-electron chi connectivity index (χ4n) is 5.27. The Labute approximate surface area is 237 Å². The molecule has 1 saturated heterocycles. The predicted octanol–water partition coefficient (Wildman–Crippen LogP) is 3.69. The van der Waals surface area contributed by atoms with Crippen molar-refractivity contribution >= 4 is 35.2 Å². The second-order valence-electron chi connectivity index (χ2n) is 10.9. The number of rotatable bonds is 4. The first-order chi connectivity index (χ1) is 18.6. The molecule has 1 aromatic rings. The van der Waals surface area contributed by atoms with E-state index in [1.165, 1.54) is 4.90 Å². The van der Waals surface area contributed by atoms with Gasteiger partial charge in [-0.15, -0.1) is 0 Å². The second kappa shape index (κ2) is 14.5. The quantitative estimate of drug-likeness (QED) is 0.558. The molecule has 0 N–H and O–H groups in total. The van der Waals surface area contributed by atoms with Gasteiger partial charge >= 0.3 is 0 Å². The third-order valence-corrected chi connectivity index (χ3v) is 7.78. The second-order valence-corrected chi connectivity index (χ2v) is 11.3. The number of ether oxygens (including phenoxy) is 1. The van der Waals surface area contributed by atoms with Crippen LogP contribution in [0.25, 0.3) is 0 Å². The van der Waals surface area contributed by atoms with Crippen LogP contribution in [0.2, 0.25) is 5.02 Å². The van der Waals surface area contributed by atoms with Gasteiger partial charge in [-0.25, -0.2) is 0 Å². The number of halogens is 1. The van der Waals surface area contributed by atoms with Crippen LogP contribution in [0, 0.1) is 5.92 Å².